The molecule has 0 aliphatic carbocycles. The van der Waals surface area contributed by atoms with Gasteiger partial charge in [-0.05, 0) is 60.1 Å². The third-order valence-electron chi connectivity index (χ3n) is 2.07. The Morgan fingerprint density at radius 3 is 1.71 bits per heavy atom. The molecule has 6 heteroatoms. The highest BCUT2D eigenvalue weighted by Crippen LogP contribution is 2.24. The zero-order valence-corrected chi connectivity index (χ0v) is 16.9. The van der Waals surface area contributed by atoms with Gasteiger partial charge in [-0.15, -0.1) is 0 Å². The van der Waals surface area contributed by atoms with E-state index in [1.807, 2.05) is 33.5 Å². The zero-order valence-electron chi connectivity index (χ0n) is 14.9. The molecule has 0 aliphatic rings. The minimum Gasteiger partial charge on any atom is -0.547 e. The SMILES string of the molecule is C=C(O[Si](C)(C)C)/C(C(=O)OC(C)C)=C(/C)O[Si](C)(C)C. The van der Waals surface area contributed by atoms with Crippen molar-refractivity contribution in [1.29, 1.82) is 0 Å². The van der Waals surface area contributed by atoms with E-state index in [2.05, 4.69) is 26.2 Å². The van der Waals surface area contributed by atoms with Crippen LogP contribution in [0, 0.1) is 0 Å². The van der Waals surface area contributed by atoms with Crippen molar-refractivity contribution in [3.63, 3.8) is 0 Å². The van der Waals surface area contributed by atoms with E-state index >= 15 is 0 Å². The molecule has 0 bridgehead atoms. The molecular formula is C15H30O4Si2. The zero-order chi connectivity index (χ0) is 17.0. The highest BCUT2D eigenvalue weighted by molar-refractivity contribution is 6.70. The van der Waals surface area contributed by atoms with E-state index in [1.54, 1.807) is 6.92 Å². The fourth-order valence-electron chi connectivity index (χ4n) is 1.66. The van der Waals surface area contributed by atoms with Gasteiger partial charge in [-0.3, -0.25) is 0 Å². The van der Waals surface area contributed by atoms with E-state index in [-0.39, 0.29) is 6.10 Å². The van der Waals surface area contributed by atoms with Crippen LogP contribution in [-0.2, 0) is 18.4 Å². The predicted molar refractivity (Wildman–Crippen MR) is 91.9 cm³/mol. The van der Waals surface area contributed by atoms with Crippen molar-refractivity contribution in [1.82, 2.24) is 0 Å². The Kier molecular flexibility index (Phi) is 6.95. The van der Waals surface area contributed by atoms with E-state index in [0.717, 1.165) is 0 Å². The van der Waals surface area contributed by atoms with Crippen LogP contribution in [0.3, 0.4) is 0 Å². The average Bonchev–Trinajstić information content (AvgIpc) is 2.08. The maximum absolute atomic E-state index is 12.3. The minimum absolute atomic E-state index is 0.202. The summed E-state index contributed by atoms with van der Waals surface area (Å²) in [7, 11) is -3.68. The molecule has 0 unspecified atom stereocenters. The fourth-order valence-corrected chi connectivity index (χ4v) is 3.52. The molecule has 0 spiro atoms. The first-order chi connectivity index (χ1) is 9.23. The largest absolute Gasteiger partial charge is 0.547 e. The van der Waals surface area contributed by atoms with Gasteiger partial charge in [0.15, 0.2) is 0 Å². The van der Waals surface area contributed by atoms with Crippen LogP contribution in [0.5, 0.6) is 0 Å². The van der Waals surface area contributed by atoms with Crippen molar-refractivity contribution in [3.05, 3.63) is 23.7 Å². The van der Waals surface area contributed by atoms with Crippen LogP contribution < -0.4 is 0 Å². The van der Waals surface area contributed by atoms with Gasteiger partial charge in [0.2, 0.25) is 16.6 Å². The van der Waals surface area contributed by atoms with Crippen LogP contribution in [0.25, 0.3) is 0 Å². The molecule has 21 heavy (non-hydrogen) atoms. The van der Waals surface area contributed by atoms with Crippen molar-refractivity contribution >= 4 is 22.6 Å². The summed E-state index contributed by atoms with van der Waals surface area (Å²) in [5, 5.41) is 0. The van der Waals surface area contributed by atoms with E-state index in [0.29, 0.717) is 17.1 Å². The van der Waals surface area contributed by atoms with Crippen LogP contribution in [0.15, 0.2) is 23.7 Å². The number of hydrogen-bond acceptors (Lipinski definition) is 4. The molecular weight excluding hydrogens is 300 g/mol. The molecule has 0 N–H and O–H groups in total. The van der Waals surface area contributed by atoms with Crippen LogP contribution in [-0.4, -0.2) is 28.7 Å². The Balaban J connectivity index is 5.52. The second-order valence-electron chi connectivity index (χ2n) is 7.24. The van der Waals surface area contributed by atoms with Gasteiger partial charge in [-0.25, -0.2) is 4.79 Å². The number of carbonyl (C=O) groups is 1. The van der Waals surface area contributed by atoms with Gasteiger partial charge in [0.05, 0.1) is 11.9 Å². The lowest BCUT2D eigenvalue weighted by Crippen LogP contribution is -2.29. The molecule has 0 rings (SSSR count). The van der Waals surface area contributed by atoms with Crippen LogP contribution in [0.1, 0.15) is 20.8 Å². The number of hydrogen-bond donors (Lipinski definition) is 0. The topological polar surface area (TPSA) is 44.8 Å². The van der Waals surface area contributed by atoms with Crippen molar-refractivity contribution in [2.24, 2.45) is 0 Å². The second-order valence-corrected chi connectivity index (χ2v) is 16.1. The van der Waals surface area contributed by atoms with E-state index < -0.39 is 22.6 Å². The molecule has 0 fully saturated rings. The van der Waals surface area contributed by atoms with E-state index in [1.165, 1.54) is 0 Å². The standard InChI is InChI=1S/C15H30O4Si2/c1-11(2)17-15(16)14(12(3)18-20(5,6)7)13(4)19-21(8,9)10/h11H,3H2,1-2,4-10H3/b14-13+. The van der Waals surface area contributed by atoms with E-state index in [9.17, 15) is 4.79 Å². The van der Waals surface area contributed by atoms with Crippen molar-refractivity contribution in [3.8, 4) is 0 Å². The summed E-state index contributed by atoms with van der Waals surface area (Å²) >= 11 is 0. The van der Waals surface area contributed by atoms with Crippen LogP contribution >= 0.6 is 0 Å². The van der Waals surface area contributed by atoms with Crippen molar-refractivity contribution in [2.75, 3.05) is 0 Å². The fraction of sp³-hybridized carbons (Fsp3) is 0.667. The molecule has 4 nitrogen and oxygen atoms in total. The summed E-state index contributed by atoms with van der Waals surface area (Å²) in [6.07, 6.45) is -0.202. The summed E-state index contributed by atoms with van der Waals surface area (Å²) in [6.45, 7) is 21.6. The predicted octanol–water partition coefficient (Wildman–Crippen LogP) is 4.43. The number of esters is 1. The Hall–Kier alpha value is -1.02. The molecule has 0 atom stereocenters. The first kappa shape index (κ1) is 20.0. The van der Waals surface area contributed by atoms with Gasteiger partial charge in [0.25, 0.3) is 0 Å². The monoisotopic (exact) mass is 330 g/mol. The average molecular weight is 331 g/mol. The Morgan fingerprint density at radius 1 is 0.952 bits per heavy atom. The number of ether oxygens (including phenoxy) is 1. The lowest BCUT2D eigenvalue weighted by Gasteiger charge is -2.26. The molecule has 0 saturated heterocycles. The smallest absolute Gasteiger partial charge is 0.345 e. The highest BCUT2D eigenvalue weighted by Gasteiger charge is 2.28. The quantitative estimate of drug-likeness (QED) is 0.228. The Morgan fingerprint density at radius 2 is 1.38 bits per heavy atom. The molecule has 0 aromatic carbocycles. The molecule has 0 amide bonds. The Labute approximate surface area is 131 Å². The maximum atomic E-state index is 12.3. The first-order valence-electron chi connectivity index (χ1n) is 7.22. The van der Waals surface area contributed by atoms with Crippen molar-refractivity contribution < 1.29 is 18.4 Å². The summed E-state index contributed by atoms with van der Waals surface area (Å²) in [4.78, 5) is 12.3. The summed E-state index contributed by atoms with van der Waals surface area (Å²) in [6, 6.07) is 0. The normalized spacial score (nSPS) is 13.6. The molecule has 122 valence electrons. The van der Waals surface area contributed by atoms with Gasteiger partial charge >= 0.3 is 5.97 Å². The van der Waals surface area contributed by atoms with Gasteiger partial charge in [-0.2, -0.15) is 0 Å². The third-order valence-corrected chi connectivity index (χ3v) is 3.84. The highest BCUT2D eigenvalue weighted by atomic mass is 28.4. The van der Waals surface area contributed by atoms with Crippen LogP contribution in [0.4, 0.5) is 0 Å². The molecule has 0 aromatic heterocycles. The number of carbonyl (C=O) groups excluding carboxylic acids is 1. The molecule has 0 heterocycles. The molecule has 0 aliphatic heterocycles. The lowest BCUT2D eigenvalue weighted by atomic mass is 10.2. The molecule has 0 aromatic rings. The first-order valence-corrected chi connectivity index (χ1v) is 14.0. The third kappa shape index (κ3) is 8.77. The van der Waals surface area contributed by atoms with Gasteiger partial charge in [0, 0.05) is 0 Å². The van der Waals surface area contributed by atoms with Gasteiger partial charge < -0.3 is 13.6 Å². The summed E-state index contributed by atoms with van der Waals surface area (Å²) in [5.41, 5.74) is 0.313. The van der Waals surface area contributed by atoms with E-state index in [4.69, 9.17) is 13.6 Å². The van der Waals surface area contributed by atoms with Crippen LogP contribution in [0.2, 0.25) is 39.3 Å². The molecule has 0 saturated carbocycles. The van der Waals surface area contributed by atoms with Crippen molar-refractivity contribution in [2.45, 2.75) is 66.2 Å². The maximum Gasteiger partial charge on any atom is 0.345 e. The Bertz CT molecular complexity index is 426. The second kappa shape index (κ2) is 7.31. The summed E-state index contributed by atoms with van der Waals surface area (Å²) in [5.74, 6) is 0.433. The minimum atomic E-state index is -1.86. The summed E-state index contributed by atoms with van der Waals surface area (Å²) < 4.78 is 17.1. The number of allylic oxidation sites excluding steroid dienone is 1. The van der Waals surface area contributed by atoms with Gasteiger partial charge in [-0.1, -0.05) is 6.58 Å². The van der Waals surface area contributed by atoms with Gasteiger partial charge in [0.1, 0.15) is 11.3 Å². The molecule has 0 radical (unpaired) electrons. The lowest BCUT2D eigenvalue weighted by molar-refractivity contribution is -0.142. The number of rotatable bonds is 7.